The Kier molecular flexibility index (Phi) is 12.4. The lowest BCUT2D eigenvalue weighted by atomic mass is 9.81. The second-order valence-corrected chi connectivity index (χ2v) is 17.7. The highest BCUT2D eigenvalue weighted by atomic mass is 19.2. The number of ether oxygens (including phenoxy) is 2. The molecule has 2 heterocycles. The Labute approximate surface area is 392 Å². The first-order chi connectivity index (χ1) is 33.4. The number of nitrogens with zero attached hydrogens (tertiary/aromatic N) is 2. The second-order valence-electron chi connectivity index (χ2n) is 17.7. The lowest BCUT2D eigenvalue weighted by Crippen LogP contribution is -2.43. The molecule has 364 valence electrons. The lowest BCUT2D eigenvalue weighted by Gasteiger charge is -2.33. The van der Waals surface area contributed by atoms with Crippen LogP contribution >= 0.6 is 0 Å². The zero-order chi connectivity index (χ0) is 50.4. The van der Waals surface area contributed by atoms with E-state index in [-0.39, 0.29) is 90.3 Å². The van der Waals surface area contributed by atoms with Gasteiger partial charge in [-0.2, -0.15) is 17.6 Å². The average molecular weight is 979 g/mol. The molecule has 0 aromatic heterocycles. The first kappa shape index (κ1) is 48.1. The maximum absolute atomic E-state index is 15.6. The van der Waals surface area contributed by atoms with E-state index in [0.717, 1.165) is 47.6 Å². The van der Waals surface area contributed by atoms with Crippen LogP contribution in [0.4, 0.5) is 43.9 Å². The van der Waals surface area contributed by atoms with Crippen LogP contribution in [0.1, 0.15) is 120 Å². The minimum atomic E-state index is -2.50. The van der Waals surface area contributed by atoms with Gasteiger partial charge < -0.3 is 9.47 Å². The molecule has 0 spiro atoms. The van der Waals surface area contributed by atoms with Gasteiger partial charge in [-0.1, -0.05) is 78.4 Å². The molecule has 7 aromatic rings. The van der Waals surface area contributed by atoms with Gasteiger partial charge in [-0.15, -0.1) is 0 Å². The van der Waals surface area contributed by atoms with Gasteiger partial charge in [0.05, 0.1) is 11.1 Å². The van der Waals surface area contributed by atoms with Crippen molar-refractivity contribution in [1.82, 2.24) is 9.80 Å². The number of imide groups is 2. The highest BCUT2D eigenvalue weighted by Gasteiger charge is 2.41. The molecule has 18 heteroatoms. The first-order valence-corrected chi connectivity index (χ1v) is 22.8. The normalized spacial score (nSPS) is 14.7. The number of benzene rings is 7. The number of amides is 4. The molecule has 70 heavy (non-hydrogen) atoms. The van der Waals surface area contributed by atoms with Crippen LogP contribution in [0.15, 0.2) is 36.4 Å². The monoisotopic (exact) mass is 978 g/mol. The molecule has 4 amide bonds. The molecule has 2 atom stereocenters. The van der Waals surface area contributed by atoms with Crippen molar-refractivity contribution in [2.24, 2.45) is 11.8 Å². The number of carbonyl (C=O) groups excluding carboxylic acids is 4. The van der Waals surface area contributed by atoms with Crippen LogP contribution in [0.2, 0.25) is 0 Å². The molecule has 8 nitrogen and oxygen atoms in total. The quantitative estimate of drug-likeness (QED) is 0.0239. The fourth-order valence-corrected chi connectivity index (χ4v) is 9.91. The predicted molar refractivity (Wildman–Crippen MR) is 238 cm³/mol. The molecule has 0 saturated carbocycles. The molecule has 0 fully saturated rings. The molecule has 0 bridgehead atoms. The van der Waals surface area contributed by atoms with E-state index in [1.54, 1.807) is 0 Å². The number of rotatable bonds is 16. The van der Waals surface area contributed by atoms with E-state index in [2.05, 4.69) is 0 Å². The van der Waals surface area contributed by atoms with Crippen LogP contribution in [-0.4, -0.2) is 46.5 Å². The zero-order valence-electron chi connectivity index (χ0n) is 37.8. The summed E-state index contributed by atoms with van der Waals surface area (Å²) in [7, 11) is 0. The van der Waals surface area contributed by atoms with Crippen molar-refractivity contribution in [3.8, 4) is 23.0 Å². The van der Waals surface area contributed by atoms with Crippen molar-refractivity contribution >= 4 is 66.7 Å². The number of fused-ring (bicyclic) bond motifs is 2. The highest BCUT2D eigenvalue weighted by Crippen LogP contribution is 2.54. The maximum Gasteiger partial charge on any atom is 0.261 e. The van der Waals surface area contributed by atoms with Crippen molar-refractivity contribution in [2.75, 3.05) is 13.1 Å². The van der Waals surface area contributed by atoms with Crippen molar-refractivity contribution < 1.29 is 72.6 Å². The van der Waals surface area contributed by atoms with E-state index >= 15 is 17.6 Å². The summed E-state index contributed by atoms with van der Waals surface area (Å²) in [5.74, 6) is -33.0. The third-order valence-electron chi connectivity index (χ3n) is 13.7. The van der Waals surface area contributed by atoms with Gasteiger partial charge in [-0.3, -0.25) is 29.0 Å². The zero-order valence-corrected chi connectivity index (χ0v) is 37.8. The smallest absolute Gasteiger partial charge is 0.261 e. The van der Waals surface area contributed by atoms with Crippen molar-refractivity contribution in [3.63, 3.8) is 0 Å². The van der Waals surface area contributed by atoms with Gasteiger partial charge in [-0.05, 0) is 59.7 Å². The van der Waals surface area contributed by atoms with Gasteiger partial charge in [0.25, 0.3) is 23.6 Å². The minimum absolute atomic E-state index is 0.0866. The Bertz CT molecular complexity index is 3130. The molecule has 9 rings (SSSR count). The van der Waals surface area contributed by atoms with Crippen LogP contribution < -0.4 is 9.47 Å². The first-order valence-electron chi connectivity index (χ1n) is 22.8. The molecule has 0 saturated heterocycles. The number of hydrogen-bond donors (Lipinski definition) is 0. The van der Waals surface area contributed by atoms with Crippen LogP contribution in [0.25, 0.3) is 43.1 Å². The van der Waals surface area contributed by atoms with Crippen LogP contribution in [0.3, 0.4) is 0 Å². The van der Waals surface area contributed by atoms with E-state index in [4.69, 9.17) is 9.47 Å². The van der Waals surface area contributed by atoms with Gasteiger partial charge in [0.15, 0.2) is 0 Å². The van der Waals surface area contributed by atoms with Gasteiger partial charge in [0, 0.05) is 56.5 Å². The van der Waals surface area contributed by atoms with E-state index in [1.807, 2.05) is 27.7 Å². The number of unbranched alkanes of at least 4 members (excludes halogenated alkanes) is 2. The molecule has 0 radical (unpaired) electrons. The molecule has 7 aromatic carbocycles. The SMILES string of the molecule is CCCCC(CC)CN1C(=O)c2ccc3c4c(Oc5c(F)c(F)c(F)c(F)c5F)cc5c6c(ccc(c7c(Oc8c(F)c(F)c(F)c(F)c8F)cc(c2c37)C1=O)c64)C(=O)N(CC(CC)CCCC)C5=O. The van der Waals surface area contributed by atoms with Gasteiger partial charge in [0.1, 0.15) is 11.5 Å². The topological polar surface area (TPSA) is 93.2 Å². The molecule has 0 N–H and O–H groups in total. The van der Waals surface area contributed by atoms with E-state index < -0.39 is 105 Å². The number of carbonyl (C=O) groups is 4. The highest BCUT2D eigenvalue weighted by molar-refractivity contribution is 6.43. The molecule has 2 aliphatic rings. The Balaban J connectivity index is 1.42. The van der Waals surface area contributed by atoms with E-state index in [1.165, 1.54) is 24.3 Å². The van der Waals surface area contributed by atoms with Crippen molar-refractivity contribution in [1.29, 1.82) is 0 Å². The largest absolute Gasteiger partial charge is 0.450 e. The molecule has 2 unspecified atom stereocenters. The summed E-state index contributed by atoms with van der Waals surface area (Å²) in [5, 5.41) is -1.55. The van der Waals surface area contributed by atoms with Gasteiger partial charge in [-0.25, -0.2) is 26.3 Å². The maximum atomic E-state index is 15.6. The third kappa shape index (κ3) is 7.18. The van der Waals surface area contributed by atoms with Crippen molar-refractivity contribution in [2.45, 2.75) is 79.1 Å². The van der Waals surface area contributed by atoms with Crippen LogP contribution in [0.5, 0.6) is 23.0 Å². The lowest BCUT2D eigenvalue weighted by molar-refractivity contribution is 0.0565. The van der Waals surface area contributed by atoms with Crippen molar-refractivity contribution in [3.05, 3.63) is 117 Å². The van der Waals surface area contributed by atoms with Crippen LogP contribution in [0, 0.1) is 70.0 Å². The Morgan fingerprint density at radius 2 is 0.729 bits per heavy atom. The second kappa shape index (κ2) is 18.1. The Hall–Kier alpha value is -6.98. The third-order valence-corrected chi connectivity index (χ3v) is 13.7. The predicted octanol–water partition coefficient (Wildman–Crippen LogP) is 14.3. The summed E-state index contributed by atoms with van der Waals surface area (Å²) in [6, 6.07) is 7.03. The molecular formula is C52H40F10N2O6. The molecular weight excluding hydrogens is 939 g/mol. The fourth-order valence-electron chi connectivity index (χ4n) is 9.91. The van der Waals surface area contributed by atoms with Gasteiger partial charge in [0.2, 0.25) is 69.7 Å². The summed E-state index contributed by atoms with van der Waals surface area (Å²) in [6.45, 7) is 7.47. The number of halogens is 10. The summed E-state index contributed by atoms with van der Waals surface area (Å²) in [5.41, 5.74) is -0.947. The average Bonchev–Trinajstić information content (AvgIpc) is 3.36. The molecule has 2 aliphatic heterocycles. The summed E-state index contributed by atoms with van der Waals surface area (Å²) >= 11 is 0. The summed E-state index contributed by atoms with van der Waals surface area (Å²) in [4.78, 5) is 60.4. The molecule has 0 aliphatic carbocycles. The standard InChI is InChI=1S/C52H40F10N2O6/c1-5-9-11-21(7-3)19-63-49(65)25-15-13-23-34-30(70-48-45(61)41(57)38(54)42(58)46(48)62)18-28-32-26(50(66)64(52(28)68)20-22(8-4)12-10-6-2)16-14-24(36(32)34)33-29(17-27(51(63)67)31(25)35(23)33)69-47-43(59)39(55)37(53)40(56)44(47)60/h13-18,21-22H,5-12,19-20H2,1-4H3. The summed E-state index contributed by atoms with van der Waals surface area (Å²) < 4.78 is 162. The summed E-state index contributed by atoms with van der Waals surface area (Å²) in [6.07, 6.45) is 5.45. The number of hydrogen-bond acceptors (Lipinski definition) is 6. The van der Waals surface area contributed by atoms with E-state index in [9.17, 15) is 45.5 Å². The van der Waals surface area contributed by atoms with Gasteiger partial charge >= 0.3 is 0 Å². The van der Waals surface area contributed by atoms with E-state index in [0.29, 0.717) is 25.7 Å². The minimum Gasteiger partial charge on any atom is -0.450 e. The van der Waals surface area contributed by atoms with Crippen LogP contribution in [-0.2, 0) is 0 Å². The fraction of sp³-hybridized carbons (Fsp3) is 0.308. The Morgan fingerprint density at radius 1 is 0.414 bits per heavy atom. The Morgan fingerprint density at radius 3 is 1.04 bits per heavy atom.